The Morgan fingerprint density at radius 3 is 2.78 bits per heavy atom. The fraction of sp³-hybridized carbons (Fsp3) is 0.474. The predicted molar refractivity (Wildman–Crippen MR) is 102 cm³/mol. The van der Waals surface area contributed by atoms with Crippen molar-refractivity contribution in [2.45, 2.75) is 51.6 Å². The Labute approximate surface area is 163 Å². The van der Waals surface area contributed by atoms with Gasteiger partial charge in [-0.25, -0.2) is 4.98 Å². The zero-order valence-electron chi connectivity index (χ0n) is 14.8. The van der Waals surface area contributed by atoms with E-state index in [0.717, 1.165) is 51.5 Å². The van der Waals surface area contributed by atoms with Gasteiger partial charge in [0, 0.05) is 27.1 Å². The van der Waals surface area contributed by atoms with Crippen LogP contribution in [0.15, 0.2) is 17.0 Å². The first-order valence-electron chi connectivity index (χ1n) is 8.97. The minimum atomic E-state index is -4.18. The lowest BCUT2D eigenvalue weighted by Crippen LogP contribution is -2.28. The second-order valence-electron chi connectivity index (χ2n) is 7.06. The van der Waals surface area contributed by atoms with Gasteiger partial charge >= 0.3 is 6.18 Å². The van der Waals surface area contributed by atoms with Crippen LogP contribution in [0.2, 0.25) is 0 Å². The van der Waals surface area contributed by atoms with Gasteiger partial charge in [0.05, 0.1) is 5.92 Å². The van der Waals surface area contributed by atoms with Crippen LogP contribution < -0.4 is 5.32 Å². The molecule has 3 nitrogen and oxygen atoms in total. The molecule has 4 rings (SSSR count). The zero-order valence-corrected chi connectivity index (χ0v) is 16.4. The lowest BCUT2D eigenvalue weighted by Gasteiger charge is -2.24. The molecule has 0 aliphatic heterocycles. The van der Waals surface area contributed by atoms with E-state index in [9.17, 15) is 18.0 Å². The van der Waals surface area contributed by atoms with E-state index in [2.05, 4.69) is 10.3 Å². The first-order valence-corrected chi connectivity index (χ1v) is 10.7. The van der Waals surface area contributed by atoms with E-state index >= 15 is 0 Å². The molecule has 27 heavy (non-hydrogen) atoms. The normalized spacial score (nSPS) is 19.7. The summed E-state index contributed by atoms with van der Waals surface area (Å²) in [6, 6.07) is 0. The Bertz CT molecular complexity index is 911. The molecule has 0 bridgehead atoms. The van der Waals surface area contributed by atoms with Gasteiger partial charge in [-0.05, 0) is 51.0 Å². The number of aryl methyl sites for hydroxylation is 1. The molecule has 2 aromatic heterocycles. The van der Waals surface area contributed by atoms with Gasteiger partial charge in [0.2, 0.25) is 0 Å². The Hall–Kier alpha value is -1.67. The number of halogens is 3. The first-order chi connectivity index (χ1) is 12.8. The van der Waals surface area contributed by atoms with Gasteiger partial charge in [-0.1, -0.05) is 6.08 Å². The van der Waals surface area contributed by atoms with Crippen molar-refractivity contribution in [1.29, 1.82) is 0 Å². The number of rotatable bonds is 3. The molecule has 0 spiro atoms. The molecule has 144 valence electrons. The lowest BCUT2D eigenvalue weighted by atomic mass is 9.87. The van der Waals surface area contributed by atoms with Gasteiger partial charge in [-0.15, -0.1) is 22.7 Å². The number of carbonyl (C=O) groups excluding carboxylic acids is 1. The maximum Gasteiger partial charge on any atom is 0.392 e. The van der Waals surface area contributed by atoms with Gasteiger partial charge < -0.3 is 5.32 Å². The topological polar surface area (TPSA) is 42.0 Å². The van der Waals surface area contributed by atoms with Crippen LogP contribution >= 0.6 is 22.7 Å². The highest BCUT2D eigenvalue weighted by atomic mass is 32.1. The molecule has 1 N–H and O–H groups in total. The molecule has 0 aromatic carbocycles. The number of thiophene rings is 1. The number of amides is 1. The quantitative estimate of drug-likeness (QED) is 0.682. The number of thiazole rings is 1. The van der Waals surface area contributed by atoms with E-state index in [4.69, 9.17) is 0 Å². The number of fused-ring (bicyclic) bond motifs is 1. The number of alkyl halides is 3. The summed E-state index contributed by atoms with van der Waals surface area (Å²) in [5.74, 6) is -1.45. The van der Waals surface area contributed by atoms with Crippen molar-refractivity contribution < 1.29 is 18.0 Å². The highest BCUT2D eigenvalue weighted by molar-refractivity contribution is 7.18. The summed E-state index contributed by atoms with van der Waals surface area (Å²) < 4.78 is 39.6. The Kier molecular flexibility index (Phi) is 4.88. The maximum absolute atomic E-state index is 13.2. The smallest absolute Gasteiger partial charge is 0.313 e. The molecule has 1 atom stereocenters. The van der Waals surface area contributed by atoms with E-state index in [0.29, 0.717) is 11.4 Å². The number of carbonyl (C=O) groups is 1. The van der Waals surface area contributed by atoms with Crippen molar-refractivity contribution in [1.82, 2.24) is 4.98 Å². The molecule has 2 aliphatic rings. The van der Waals surface area contributed by atoms with Crippen molar-refractivity contribution in [3.8, 4) is 10.6 Å². The van der Waals surface area contributed by atoms with E-state index in [1.807, 2.05) is 18.4 Å². The second-order valence-corrected chi connectivity index (χ2v) is 9.02. The third-order valence-corrected chi connectivity index (χ3v) is 7.27. The Balaban J connectivity index is 1.71. The van der Waals surface area contributed by atoms with Crippen molar-refractivity contribution >= 4 is 33.6 Å². The molecular weight excluding hydrogens is 393 g/mol. The van der Waals surface area contributed by atoms with Crippen molar-refractivity contribution in [3.63, 3.8) is 0 Å². The summed E-state index contributed by atoms with van der Waals surface area (Å²) in [5.41, 5.74) is 3.37. The monoisotopic (exact) mass is 412 g/mol. The van der Waals surface area contributed by atoms with E-state index in [1.165, 1.54) is 22.7 Å². The summed E-state index contributed by atoms with van der Waals surface area (Å²) in [5, 5.41) is 6.29. The lowest BCUT2D eigenvalue weighted by molar-refractivity contribution is -0.176. The van der Waals surface area contributed by atoms with E-state index in [-0.39, 0.29) is 18.7 Å². The van der Waals surface area contributed by atoms with Crippen LogP contribution in [-0.4, -0.2) is 17.1 Å². The fourth-order valence-electron chi connectivity index (χ4n) is 3.71. The second kappa shape index (κ2) is 7.05. The summed E-state index contributed by atoms with van der Waals surface area (Å²) >= 11 is 2.75. The van der Waals surface area contributed by atoms with Gasteiger partial charge in [-0.2, -0.15) is 13.2 Å². The van der Waals surface area contributed by atoms with Crippen molar-refractivity contribution in [3.05, 3.63) is 33.2 Å². The Morgan fingerprint density at radius 1 is 1.33 bits per heavy atom. The number of aromatic nitrogens is 1. The zero-order chi connectivity index (χ0) is 19.2. The molecule has 2 aromatic rings. The summed E-state index contributed by atoms with van der Waals surface area (Å²) in [6.45, 7) is 1.89. The third kappa shape index (κ3) is 3.69. The standard InChI is InChI=1S/C19H19F3N2OS2/c1-10-9-26-17(23-10)15-13-7-6-12(19(20,21)22)8-14(13)27-18(15)24-16(25)11-4-2-3-5-11/h4,9,12H,2-3,5-8H2,1H3,(H,24,25)/t12-/m0/s1. The molecule has 0 fully saturated rings. The number of hydrogen-bond acceptors (Lipinski definition) is 4. The van der Waals surface area contributed by atoms with Crippen LogP contribution in [0.5, 0.6) is 0 Å². The third-order valence-electron chi connectivity index (χ3n) is 5.12. The van der Waals surface area contributed by atoms with Crippen molar-refractivity contribution in [2.24, 2.45) is 5.92 Å². The van der Waals surface area contributed by atoms with Crippen LogP contribution in [-0.2, 0) is 17.6 Å². The van der Waals surface area contributed by atoms with E-state index < -0.39 is 12.1 Å². The predicted octanol–water partition coefficient (Wildman–Crippen LogP) is 5.90. The fourth-order valence-corrected chi connectivity index (χ4v) is 5.97. The minimum absolute atomic E-state index is 0.0145. The molecule has 2 aliphatic carbocycles. The molecular formula is C19H19F3N2OS2. The molecule has 0 saturated heterocycles. The number of nitrogens with one attached hydrogen (secondary N) is 1. The van der Waals surface area contributed by atoms with Crippen LogP contribution in [0.4, 0.5) is 18.2 Å². The molecule has 8 heteroatoms. The minimum Gasteiger partial charge on any atom is -0.313 e. The highest BCUT2D eigenvalue weighted by Crippen LogP contribution is 2.48. The number of allylic oxidation sites excluding steroid dienone is 1. The first kappa shape index (κ1) is 18.7. The molecule has 1 amide bonds. The molecule has 0 unspecified atom stereocenters. The average Bonchev–Trinajstić information content (AvgIpc) is 3.32. The van der Waals surface area contributed by atoms with Crippen molar-refractivity contribution in [2.75, 3.05) is 5.32 Å². The average molecular weight is 413 g/mol. The number of nitrogens with zero attached hydrogens (tertiary/aromatic N) is 1. The van der Waals surface area contributed by atoms with Crippen LogP contribution in [0.25, 0.3) is 10.6 Å². The SMILES string of the molecule is Cc1csc(-c2c(NC(=O)C3=CCCC3)sc3c2CC[C@H](C(F)(F)F)C3)n1. The number of anilines is 1. The summed E-state index contributed by atoms with van der Waals surface area (Å²) in [4.78, 5) is 17.8. The van der Waals surface area contributed by atoms with Gasteiger partial charge in [0.15, 0.2) is 0 Å². The van der Waals surface area contributed by atoms with Gasteiger partial charge in [-0.3, -0.25) is 4.79 Å². The van der Waals surface area contributed by atoms with Gasteiger partial charge in [0.1, 0.15) is 10.0 Å². The Morgan fingerprint density at radius 2 is 2.15 bits per heavy atom. The largest absolute Gasteiger partial charge is 0.392 e. The van der Waals surface area contributed by atoms with Crippen LogP contribution in [0.3, 0.4) is 0 Å². The van der Waals surface area contributed by atoms with Crippen LogP contribution in [0.1, 0.15) is 41.8 Å². The number of hydrogen-bond donors (Lipinski definition) is 1. The van der Waals surface area contributed by atoms with E-state index in [1.54, 1.807) is 0 Å². The molecule has 0 saturated carbocycles. The molecule has 0 radical (unpaired) electrons. The maximum atomic E-state index is 13.2. The summed E-state index contributed by atoms with van der Waals surface area (Å²) in [6.07, 6.45) is 0.808. The highest BCUT2D eigenvalue weighted by Gasteiger charge is 2.42. The summed E-state index contributed by atoms with van der Waals surface area (Å²) in [7, 11) is 0. The molecule has 2 heterocycles. The van der Waals surface area contributed by atoms with Crippen LogP contribution in [0, 0.1) is 12.8 Å². The van der Waals surface area contributed by atoms with Gasteiger partial charge in [0.25, 0.3) is 5.91 Å².